The number of nitrogens with one attached hydrogen (secondary N) is 3. The van der Waals surface area contributed by atoms with Gasteiger partial charge < -0.3 is 24.7 Å². The van der Waals surface area contributed by atoms with Crippen LogP contribution in [0.25, 0.3) is 0 Å². The van der Waals surface area contributed by atoms with Gasteiger partial charge in [-0.1, -0.05) is 15.5 Å². The smallest absolute Gasteiger partial charge is 0.358 e. The number of nitrogens with zero attached hydrogens (tertiary/aromatic N) is 4. The molecule has 35 heavy (non-hydrogen) atoms. The van der Waals surface area contributed by atoms with Crippen molar-refractivity contribution in [1.82, 2.24) is 25.1 Å². The second-order valence-corrected chi connectivity index (χ2v) is 12.2. The van der Waals surface area contributed by atoms with Crippen LogP contribution >= 0.6 is 43.6 Å². The van der Waals surface area contributed by atoms with E-state index in [1.807, 2.05) is 7.05 Å². The number of benzene rings is 1. The second kappa shape index (κ2) is 10.9. The van der Waals surface area contributed by atoms with E-state index in [0.29, 0.717) is 18.1 Å². The van der Waals surface area contributed by atoms with E-state index in [0.717, 1.165) is 17.8 Å². The lowest BCUT2D eigenvalue weighted by Crippen LogP contribution is -2.13. The average Bonchev–Trinajstić information content (AvgIpc) is 3.29. The highest BCUT2D eigenvalue weighted by Crippen LogP contribution is 2.40. The number of rotatable bonds is 7. The molecule has 1 aliphatic rings. The molecule has 17 heteroatoms. The first-order valence-corrected chi connectivity index (χ1v) is 13.9. The molecule has 3 N–H and O–H groups in total. The van der Waals surface area contributed by atoms with E-state index in [1.54, 1.807) is 4.68 Å². The lowest BCUT2D eigenvalue weighted by Gasteiger charge is -2.17. The Bertz CT molecular complexity index is 1400. The van der Waals surface area contributed by atoms with E-state index in [-0.39, 0.29) is 52.7 Å². The van der Waals surface area contributed by atoms with Crippen LogP contribution in [-0.2, 0) is 35.2 Å². The van der Waals surface area contributed by atoms with E-state index in [2.05, 4.69) is 35.2 Å². The third-order valence-corrected chi connectivity index (χ3v) is 7.04. The summed E-state index contributed by atoms with van der Waals surface area (Å²) in [6, 6.07) is 3.81. The number of hydrogen-bond acceptors (Lipinski definition) is 10. The molecular formula is C18H22Cl3FN7O4PS. The summed E-state index contributed by atoms with van der Waals surface area (Å²) < 4.78 is 53.4. The molecule has 3 aromatic rings. The quantitative estimate of drug-likeness (QED) is 0.277. The fourth-order valence-electron chi connectivity index (χ4n) is 3.39. The summed E-state index contributed by atoms with van der Waals surface area (Å²) >= 11 is 6.26. The van der Waals surface area contributed by atoms with E-state index in [9.17, 15) is 16.9 Å². The molecule has 0 fully saturated rings. The number of hydrogen-bond donors (Lipinski definition) is 3. The zero-order chi connectivity index (χ0) is 24.0. The van der Waals surface area contributed by atoms with Crippen LogP contribution in [0.5, 0.6) is 5.75 Å². The predicted molar refractivity (Wildman–Crippen MR) is 138 cm³/mol. The Balaban J connectivity index is 0.00000216. The summed E-state index contributed by atoms with van der Waals surface area (Å²) in [4.78, 5) is 8.58. The van der Waals surface area contributed by atoms with Gasteiger partial charge in [0.05, 0.1) is 17.6 Å². The van der Waals surface area contributed by atoms with Gasteiger partial charge in [-0.25, -0.2) is 4.98 Å². The first kappa shape index (κ1) is 29.1. The Labute approximate surface area is 218 Å². The van der Waals surface area contributed by atoms with E-state index in [1.165, 1.54) is 37.7 Å². The highest BCUT2D eigenvalue weighted by atomic mass is 35.5. The summed E-state index contributed by atoms with van der Waals surface area (Å²) in [6.07, 6.45) is 1.39. The third-order valence-electron chi connectivity index (χ3n) is 4.84. The summed E-state index contributed by atoms with van der Waals surface area (Å²) in [5, 5.41) is 14.2. The molecule has 2 aromatic heterocycles. The van der Waals surface area contributed by atoms with Gasteiger partial charge in [0.2, 0.25) is 5.95 Å². The molecule has 0 radical (unpaired) electrons. The maximum atomic E-state index is 12.9. The molecule has 11 nitrogen and oxygen atoms in total. The standard InChI is InChI=1S/C18H20ClFN7O4PS.2ClH/c1-27-14-9-21-7-11(14)16(26-27)24-18-22-8-12(19)17(25-18)23-13-5-4-10(31-33(20,29)30)6-15(13)32(2,3)28;;/h4-6,8,21H,7,9H2,1-3H3,(H2,22,23,24,25,26);2*1H. The van der Waals surface area contributed by atoms with Gasteiger partial charge in [0.25, 0.3) is 0 Å². The van der Waals surface area contributed by atoms with Crippen molar-refractivity contribution in [1.29, 1.82) is 0 Å². The van der Waals surface area contributed by atoms with E-state index >= 15 is 0 Å². The van der Waals surface area contributed by atoms with Crippen LogP contribution in [0, 0.1) is 0 Å². The van der Waals surface area contributed by atoms with Crippen LogP contribution in [0.1, 0.15) is 11.3 Å². The van der Waals surface area contributed by atoms with Crippen molar-refractivity contribution in [3.63, 3.8) is 0 Å². The van der Waals surface area contributed by atoms with Gasteiger partial charge in [0.1, 0.15) is 17.9 Å². The number of anilines is 4. The van der Waals surface area contributed by atoms with Crippen molar-refractivity contribution >= 4 is 82.6 Å². The third kappa shape index (κ3) is 6.75. The number of aromatic nitrogens is 4. The number of aryl methyl sites for hydroxylation is 1. The average molecular weight is 589 g/mol. The molecule has 0 saturated heterocycles. The molecule has 0 atom stereocenters. The van der Waals surface area contributed by atoms with Gasteiger partial charge in [0, 0.05) is 31.0 Å². The minimum Gasteiger partial charge on any atom is -0.358 e. The van der Waals surface area contributed by atoms with Crippen molar-refractivity contribution in [3.05, 3.63) is 40.7 Å². The first-order valence-electron chi connectivity index (χ1n) is 9.56. The molecule has 0 amide bonds. The SMILES string of the molecule is Cl.Cl.Cn1nc(Nc2ncc(Cl)c(Nc3ccc(OS(=O)(=O)F)cc3P(C)(C)=O)n2)c2c1CNC2. The van der Waals surface area contributed by atoms with E-state index < -0.39 is 17.6 Å². The summed E-state index contributed by atoms with van der Waals surface area (Å²) in [5.41, 5.74) is 2.42. The Morgan fingerprint density at radius 3 is 2.57 bits per heavy atom. The van der Waals surface area contributed by atoms with Crippen molar-refractivity contribution in [2.45, 2.75) is 13.1 Å². The highest BCUT2D eigenvalue weighted by molar-refractivity contribution is 7.81. The van der Waals surface area contributed by atoms with Crippen molar-refractivity contribution in [2.24, 2.45) is 7.05 Å². The minimum absolute atomic E-state index is 0. The van der Waals surface area contributed by atoms with Crippen molar-refractivity contribution < 1.29 is 21.1 Å². The lowest BCUT2D eigenvalue weighted by atomic mass is 10.3. The zero-order valence-corrected chi connectivity index (χ0v) is 22.7. The summed E-state index contributed by atoms with van der Waals surface area (Å²) in [7, 11) is -6.33. The molecule has 192 valence electrons. The normalized spacial score (nSPS) is 12.8. The maximum Gasteiger partial charge on any atom is 0.488 e. The summed E-state index contributed by atoms with van der Waals surface area (Å²) in [6.45, 7) is 4.34. The Morgan fingerprint density at radius 1 is 1.20 bits per heavy atom. The predicted octanol–water partition coefficient (Wildman–Crippen LogP) is 3.64. The topological polar surface area (TPSA) is 140 Å². The largest absolute Gasteiger partial charge is 0.488 e. The molecule has 1 aliphatic heterocycles. The molecule has 1 aromatic carbocycles. The Hall–Kier alpha value is -2.15. The van der Waals surface area contributed by atoms with E-state index in [4.69, 9.17) is 11.6 Å². The maximum absolute atomic E-state index is 12.9. The highest BCUT2D eigenvalue weighted by Gasteiger charge is 2.23. The monoisotopic (exact) mass is 587 g/mol. The lowest BCUT2D eigenvalue weighted by molar-refractivity contribution is 0.440. The molecule has 0 aliphatic carbocycles. The van der Waals surface area contributed by atoms with Crippen molar-refractivity contribution in [2.75, 3.05) is 24.0 Å². The Morgan fingerprint density at radius 2 is 1.91 bits per heavy atom. The van der Waals surface area contributed by atoms with Crippen LogP contribution in [0.3, 0.4) is 0 Å². The number of halogens is 4. The molecule has 3 heterocycles. The molecule has 0 spiro atoms. The van der Waals surface area contributed by atoms with Gasteiger partial charge in [-0.2, -0.15) is 18.5 Å². The fourth-order valence-corrected chi connectivity index (χ4v) is 5.01. The van der Waals surface area contributed by atoms with Gasteiger partial charge in [0.15, 0.2) is 11.6 Å². The van der Waals surface area contributed by atoms with Crippen LogP contribution in [-0.4, -0.2) is 41.5 Å². The zero-order valence-electron chi connectivity index (χ0n) is 18.6. The van der Waals surface area contributed by atoms with Crippen LogP contribution in [0.2, 0.25) is 5.02 Å². The van der Waals surface area contributed by atoms with Gasteiger partial charge in [-0.15, -0.1) is 24.8 Å². The van der Waals surface area contributed by atoms with Crippen molar-refractivity contribution in [3.8, 4) is 5.75 Å². The molecule has 0 saturated carbocycles. The van der Waals surface area contributed by atoms with Gasteiger partial charge in [-0.3, -0.25) is 4.68 Å². The van der Waals surface area contributed by atoms with Crippen LogP contribution in [0.15, 0.2) is 24.4 Å². The summed E-state index contributed by atoms with van der Waals surface area (Å²) in [5.74, 6) is 0.750. The first-order chi connectivity index (χ1) is 15.4. The molecule has 0 unspecified atom stereocenters. The van der Waals surface area contributed by atoms with Crippen LogP contribution in [0.4, 0.5) is 27.2 Å². The minimum atomic E-state index is -5.23. The molecular weight excluding hydrogens is 567 g/mol. The number of fused-ring (bicyclic) bond motifs is 1. The van der Waals surface area contributed by atoms with Gasteiger partial charge in [-0.05, 0) is 31.5 Å². The molecule has 4 rings (SSSR count). The Kier molecular flexibility index (Phi) is 9.02. The second-order valence-electron chi connectivity index (χ2n) is 7.65. The fraction of sp³-hybridized carbons (Fsp3) is 0.278. The van der Waals surface area contributed by atoms with Crippen LogP contribution < -0.4 is 25.4 Å². The van der Waals surface area contributed by atoms with Gasteiger partial charge >= 0.3 is 10.5 Å². The molecule has 0 bridgehead atoms.